The third kappa shape index (κ3) is 7.03. The molecule has 1 unspecified atom stereocenters. The molecule has 0 amide bonds. The predicted octanol–water partition coefficient (Wildman–Crippen LogP) is 8.25. The Morgan fingerprint density at radius 1 is 0.548 bits per heavy atom. The maximum atomic E-state index is 6.49. The van der Waals surface area contributed by atoms with Crippen molar-refractivity contribution in [3.8, 4) is 0 Å². The van der Waals surface area contributed by atoms with E-state index in [1.165, 1.54) is 20.9 Å². The fraction of sp³-hybridized carbons (Fsp3) is 0.143. The van der Waals surface area contributed by atoms with Gasteiger partial charge in [-0.15, -0.1) is 23.5 Å². The van der Waals surface area contributed by atoms with Crippen molar-refractivity contribution in [2.45, 2.75) is 33.5 Å². The Kier molecular flexibility index (Phi) is 8.29. The van der Waals surface area contributed by atoms with Crippen LogP contribution in [0.3, 0.4) is 0 Å². The summed E-state index contributed by atoms with van der Waals surface area (Å²) in [4.78, 5) is 2.57. The van der Waals surface area contributed by atoms with E-state index in [4.69, 9.17) is 4.74 Å². The van der Waals surface area contributed by atoms with Gasteiger partial charge in [0.2, 0.25) is 0 Å². The van der Waals surface area contributed by atoms with E-state index in [9.17, 15) is 0 Å². The monoisotopic (exact) mass is 442 g/mol. The Morgan fingerprint density at radius 3 is 1.52 bits per heavy atom. The first-order valence-electron chi connectivity index (χ1n) is 10.5. The maximum absolute atomic E-state index is 6.49. The van der Waals surface area contributed by atoms with Crippen molar-refractivity contribution in [1.29, 1.82) is 0 Å². The summed E-state index contributed by atoms with van der Waals surface area (Å²) in [7, 11) is 0. The lowest BCUT2D eigenvalue weighted by atomic mass is 10.1. The second-order valence-corrected chi connectivity index (χ2v) is 10.1. The number of hydrogen-bond acceptors (Lipinski definition) is 3. The average molecular weight is 443 g/mol. The molecule has 0 heterocycles. The quantitative estimate of drug-likeness (QED) is 0.181. The van der Waals surface area contributed by atoms with Gasteiger partial charge in [-0.25, -0.2) is 0 Å². The minimum absolute atomic E-state index is 0.0267. The van der Waals surface area contributed by atoms with Crippen LogP contribution >= 0.6 is 23.5 Å². The van der Waals surface area contributed by atoms with Crippen LogP contribution < -0.4 is 0 Å². The zero-order chi connectivity index (χ0) is 21.1. The Balaban J connectivity index is 1.54. The van der Waals surface area contributed by atoms with Crippen molar-refractivity contribution in [1.82, 2.24) is 0 Å². The van der Waals surface area contributed by atoms with E-state index in [0.29, 0.717) is 11.2 Å². The van der Waals surface area contributed by atoms with E-state index in [1.807, 2.05) is 29.6 Å². The average Bonchev–Trinajstić information content (AvgIpc) is 2.84. The summed E-state index contributed by atoms with van der Waals surface area (Å²) in [5.74, 6) is 0. The molecule has 0 spiro atoms. The molecule has 0 aliphatic heterocycles. The number of benzene rings is 4. The van der Waals surface area contributed by atoms with Crippen molar-refractivity contribution in [3.05, 3.63) is 132 Å². The molecular formula is C28H26OS2. The molecule has 1 atom stereocenters. The molecule has 31 heavy (non-hydrogen) atoms. The van der Waals surface area contributed by atoms with Crippen LogP contribution in [0.15, 0.2) is 131 Å². The van der Waals surface area contributed by atoms with Gasteiger partial charge in [0, 0.05) is 9.79 Å². The summed E-state index contributed by atoms with van der Waals surface area (Å²) in [6, 6.07) is 42.3. The third-order valence-electron chi connectivity index (χ3n) is 4.89. The summed E-state index contributed by atoms with van der Waals surface area (Å²) >= 11 is 3.82. The summed E-state index contributed by atoms with van der Waals surface area (Å²) < 4.78 is 6.82. The van der Waals surface area contributed by atoms with Crippen LogP contribution in [0.25, 0.3) is 0 Å². The fourth-order valence-electron chi connectivity index (χ4n) is 3.34. The van der Waals surface area contributed by atoms with Gasteiger partial charge < -0.3 is 4.74 Å². The molecule has 156 valence electrons. The topological polar surface area (TPSA) is 9.23 Å². The first-order valence-corrected chi connectivity index (χ1v) is 12.3. The van der Waals surface area contributed by atoms with Gasteiger partial charge in [-0.05, 0) is 41.8 Å². The highest BCUT2D eigenvalue weighted by molar-refractivity contribution is 8.17. The highest BCUT2D eigenvalue weighted by Gasteiger charge is 2.21. The lowest BCUT2D eigenvalue weighted by Crippen LogP contribution is -2.11. The Morgan fingerprint density at radius 2 is 1.00 bits per heavy atom. The van der Waals surface area contributed by atoms with E-state index < -0.39 is 0 Å². The number of hydrogen-bond donors (Lipinski definition) is 0. The van der Waals surface area contributed by atoms with E-state index in [1.54, 1.807) is 0 Å². The van der Waals surface area contributed by atoms with Crippen LogP contribution in [-0.2, 0) is 11.3 Å². The molecule has 4 aromatic carbocycles. The van der Waals surface area contributed by atoms with Gasteiger partial charge in [-0.1, -0.05) is 97.1 Å². The van der Waals surface area contributed by atoms with Crippen molar-refractivity contribution < 1.29 is 4.74 Å². The standard InChI is InChI=1S/C28H26OS2/c1-5-13-23(14-6-1)22-29-27(24-15-7-2-8-16-24)21-28(30-25-17-9-3-10-18-25)31-26-19-11-4-12-20-26/h1-20,27-28H,21-22H2. The zero-order valence-corrected chi connectivity index (χ0v) is 19.0. The van der Waals surface area contributed by atoms with Crippen LogP contribution in [0.5, 0.6) is 0 Å². The van der Waals surface area contributed by atoms with Gasteiger partial charge >= 0.3 is 0 Å². The molecule has 0 bridgehead atoms. The van der Waals surface area contributed by atoms with Gasteiger partial charge in [-0.3, -0.25) is 0 Å². The second-order valence-electron chi connectivity index (χ2n) is 7.22. The highest BCUT2D eigenvalue weighted by atomic mass is 32.2. The molecular weight excluding hydrogens is 416 g/mol. The van der Waals surface area contributed by atoms with Crippen LogP contribution in [0.4, 0.5) is 0 Å². The lowest BCUT2D eigenvalue weighted by molar-refractivity contribution is 0.0367. The number of ether oxygens (including phenoxy) is 1. The molecule has 0 fully saturated rings. The molecule has 4 aromatic rings. The van der Waals surface area contributed by atoms with Gasteiger partial charge in [0.05, 0.1) is 17.3 Å². The zero-order valence-electron chi connectivity index (χ0n) is 17.3. The third-order valence-corrected chi connectivity index (χ3v) is 7.47. The Hall–Kier alpha value is -2.46. The Labute approximate surface area is 193 Å². The molecule has 1 nitrogen and oxygen atoms in total. The van der Waals surface area contributed by atoms with Crippen molar-refractivity contribution in [2.24, 2.45) is 0 Å². The number of thioether (sulfide) groups is 2. The lowest BCUT2D eigenvalue weighted by Gasteiger charge is -2.24. The summed E-state index contributed by atoms with van der Waals surface area (Å²) in [6.07, 6.45) is 0.939. The normalized spacial score (nSPS) is 12.0. The molecule has 4 rings (SSSR count). The molecule has 0 N–H and O–H groups in total. The van der Waals surface area contributed by atoms with Crippen LogP contribution in [0, 0.1) is 0 Å². The second kappa shape index (κ2) is 11.8. The Bertz CT molecular complexity index is 966. The molecule has 0 aromatic heterocycles. The molecule has 0 saturated carbocycles. The van der Waals surface area contributed by atoms with E-state index >= 15 is 0 Å². The largest absolute Gasteiger partial charge is 0.369 e. The summed E-state index contributed by atoms with van der Waals surface area (Å²) in [6.45, 7) is 0.610. The minimum atomic E-state index is 0.0267. The van der Waals surface area contributed by atoms with Gasteiger partial charge in [0.15, 0.2) is 0 Å². The van der Waals surface area contributed by atoms with Gasteiger partial charge in [-0.2, -0.15) is 0 Å². The summed E-state index contributed by atoms with van der Waals surface area (Å²) in [5, 5.41) is 0. The van der Waals surface area contributed by atoms with E-state index in [2.05, 4.69) is 115 Å². The molecule has 0 saturated heterocycles. The molecule has 3 heteroatoms. The first-order chi connectivity index (χ1) is 15.4. The SMILES string of the molecule is c1ccc(COC(CC(Sc2ccccc2)Sc2ccccc2)c2ccccc2)cc1. The van der Waals surface area contributed by atoms with Crippen molar-refractivity contribution in [2.75, 3.05) is 0 Å². The molecule has 0 aliphatic carbocycles. The van der Waals surface area contributed by atoms with Crippen LogP contribution in [0.2, 0.25) is 0 Å². The van der Waals surface area contributed by atoms with Gasteiger partial charge in [0.25, 0.3) is 0 Å². The van der Waals surface area contributed by atoms with Crippen LogP contribution in [-0.4, -0.2) is 4.58 Å². The fourth-order valence-corrected chi connectivity index (χ4v) is 5.97. The van der Waals surface area contributed by atoms with Crippen LogP contribution in [0.1, 0.15) is 23.7 Å². The maximum Gasteiger partial charge on any atom is 0.0848 e. The van der Waals surface area contributed by atoms with E-state index in [-0.39, 0.29) is 6.10 Å². The van der Waals surface area contributed by atoms with Gasteiger partial charge in [0.1, 0.15) is 0 Å². The number of rotatable bonds is 10. The predicted molar refractivity (Wildman–Crippen MR) is 133 cm³/mol. The summed E-state index contributed by atoms with van der Waals surface area (Å²) in [5.41, 5.74) is 2.43. The molecule has 0 aliphatic rings. The highest BCUT2D eigenvalue weighted by Crippen LogP contribution is 2.41. The minimum Gasteiger partial charge on any atom is -0.369 e. The smallest absolute Gasteiger partial charge is 0.0848 e. The van der Waals surface area contributed by atoms with Crippen molar-refractivity contribution in [3.63, 3.8) is 0 Å². The van der Waals surface area contributed by atoms with Crippen molar-refractivity contribution >= 4 is 23.5 Å². The molecule has 0 radical (unpaired) electrons. The first kappa shape index (κ1) is 21.8. The van der Waals surface area contributed by atoms with E-state index in [0.717, 1.165) is 6.42 Å².